The molecule has 0 spiro atoms. The Balaban J connectivity index is 2.21. The summed E-state index contributed by atoms with van der Waals surface area (Å²) in [5.41, 5.74) is 1.47. The molecule has 1 amide bonds. The minimum Gasteiger partial charge on any atom is -0.370 e. The molecule has 0 aliphatic rings. The van der Waals surface area contributed by atoms with Gasteiger partial charge >= 0.3 is 0 Å². The molecule has 0 unspecified atom stereocenters. The first-order valence-corrected chi connectivity index (χ1v) is 7.18. The molecule has 0 fully saturated rings. The number of carbonyl (C=O) groups excluding carboxylic acids is 1. The average molecular weight is 284 g/mol. The fourth-order valence-corrected chi connectivity index (χ4v) is 2.04. The van der Waals surface area contributed by atoms with Gasteiger partial charge in [0.1, 0.15) is 5.82 Å². The van der Waals surface area contributed by atoms with Crippen LogP contribution in [0.3, 0.4) is 0 Å². The number of nitrogens with one attached hydrogen (secondary N) is 1. The second-order valence-electron chi connectivity index (χ2n) is 4.61. The van der Waals surface area contributed by atoms with Crippen LogP contribution in [0.2, 0.25) is 0 Å². The van der Waals surface area contributed by atoms with E-state index in [1.54, 1.807) is 35.6 Å². The molecule has 5 nitrogen and oxygen atoms in total. The van der Waals surface area contributed by atoms with Crippen molar-refractivity contribution in [3.05, 3.63) is 48.4 Å². The van der Waals surface area contributed by atoms with E-state index in [1.165, 1.54) is 0 Å². The van der Waals surface area contributed by atoms with Gasteiger partial charge < -0.3 is 10.2 Å². The molecular weight excluding hydrogens is 264 g/mol. The van der Waals surface area contributed by atoms with Crippen LogP contribution in [0.4, 0.5) is 11.5 Å². The largest absolute Gasteiger partial charge is 0.370 e. The maximum absolute atomic E-state index is 12.7. The van der Waals surface area contributed by atoms with E-state index in [2.05, 4.69) is 22.2 Å². The summed E-state index contributed by atoms with van der Waals surface area (Å²) >= 11 is 0. The van der Waals surface area contributed by atoms with Gasteiger partial charge in [0.25, 0.3) is 5.91 Å². The molecule has 2 rings (SSSR count). The highest BCUT2D eigenvalue weighted by atomic mass is 16.2. The van der Waals surface area contributed by atoms with E-state index in [9.17, 15) is 4.79 Å². The number of hydrogen-bond acceptors (Lipinski definition) is 4. The van der Waals surface area contributed by atoms with Crippen molar-refractivity contribution in [2.24, 2.45) is 0 Å². The fourth-order valence-electron chi connectivity index (χ4n) is 2.04. The van der Waals surface area contributed by atoms with Gasteiger partial charge in [-0.1, -0.05) is 6.92 Å². The molecular formula is C16H20N4O. The highest BCUT2D eigenvalue weighted by molar-refractivity contribution is 6.06. The van der Waals surface area contributed by atoms with Crippen molar-refractivity contribution in [3.8, 4) is 0 Å². The van der Waals surface area contributed by atoms with Crippen LogP contribution in [0.5, 0.6) is 0 Å². The molecule has 0 saturated carbocycles. The van der Waals surface area contributed by atoms with Gasteiger partial charge in [0, 0.05) is 42.9 Å². The predicted molar refractivity (Wildman–Crippen MR) is 84.6 cm³/mol. The van der Waals surface area contributed by atoms with Crippen molar-refractivity contribution < 1.29 is 4.79 Å². The highest BCUT2D eigenvalue weighted by Gasteiger charge is 2.16. The third-order valence-corrected chi connectivity index (χ3v) is 3.10. The number of carbonyl (C=O) groups is 1. The van der Waals surface area contributed by atoms with Crippen LogP contribution >= 0.6 is 0 Å². The molecule has 0 atom stereocenters. The van der Waals surface area contributed by atoms with Crippen LogP contribution < -0.4 is 10.2 Å². The predicted octanol–water partition coefficient (Wildman–Crippen LogP) is 2.97. The molecule has 0 bridgehead atoms. The van der Waals surface area contributed by atoms with Crippen molar-refractivity contribution in [2.45, 2.75) is 20.3 Å². The van der Waals surface area contributed by atoms with Crippen molar-refractivity contribution in [3.63, 3.8) is 0 Å². The first-order chi connectivity index (χ1) is 10.3. The first-order valence-electron chi connectivity index (χ1n) is 7.18. The van der Waals surface area contributed by atoms with Crippen molar-refractivity contribution in [1.29, 1.82) is 0 Å². The Labute approximate surface area is 125 Å². The summed E-state index contributed by atoms with van der Waals surface area (Å²) in [5.74, 6) is 0.694. The van der Waals surface area contributed by atoms with E-state index in [0.717, 1.165) is 24.5 Å². The zero-order chi connectivity index (χ0) is 15.1. The molecule has 0 radical (unpaired) electrons. The number of hydrogen-bond donors (Lipinski definition) is 1. The molecule has 5 heteroatoms. The summed E-state index contributed by atoms with van der Waals surface area (Å²) in [6, 6.07) is 7.20. The second-order valence-corrected chi connectivity index (χ2v) is 4.61. The van der Waals surface area contributed by atoms with Crippen molar-refractivity contribution in [1.82, 2.24) is 9.97 Å². The zero-order valence-corrected chi connectivity index (χ0v) is 12.4. The molecule has 2 aromatic heterocycles. The maximum Gasteiger partial charge on any atom is 0.258 e. The molecule has 110 valence electrons. The Morgan fingerprint density at radius 1 is 1.19 bits per heavy atom. The number of rotatable bonds is 6. The molecule has 2 heterocycles. The normalized spacial score (nSPS) is 10.2. The third kappa shape index (κ3) is 3.78. The topological polar surface area (TPSA) is 58.1 Å². The number of anilines is 2. The van der Waals surface area contributed by atoms with E-state index < -0.39 is 0 Å². The lowest BCUT2D eigenvalue weighted by molar-refractivity contribution is 0.0988. The summed E-state index contributed by atoms with van der Waals surface area (Å²) in [4.78, 5) is 22.6. The summed E-state index contributed by atoms with van der Waals surface area (Å²) in [6.45, 7) is 5.48. The monoisotopic (exact) mass is 284 g/mol. The van der Waals surface area contributed by atoms with Crippen LogP contribution in [-0.2, 0) is 0 Å². The fraction of sp³-hybridized carbons (Fsp3) is 0.312. The van der Waals surface area contributed by atoms with Crippen molar-refractivity contribution in [2.75, 3.05) is 23.3 Å². The van der Waals surface area contributed by atoms with Crippen LogP contribution in [0, 0.1) is 0 Å². The number of nitrogens with zero attached hydrogens (tertiary/aromatic N) is 3. The van der Waals surface area contributed by atoms with E-state index in [0.29, 0.717) is 12.1 Å². The van der Waals surface area contributed by atoms with Gasteiger partial charge in [-0.05, 0) is 37.6 Å². The van der Waals surface area contributed by atoms with Gasteiger partial charge in [-0.25, -0.2) is 4.98 Å². The Kier molecular flexibility index (Phi) is 5.26. The van der Waals surface area contributed by atoms with Crippen molar-refractivity contribution >= 4 is 17.4 Å². The molecule has 0 aliphatic heterocycles. The van der Waals surface area contributed by atoms with Crippen LogP contribution in [-0.4, -0.2) is 29.0 Å². The number of amides is 1. The Bertz CT molecular complexity index is 586. The van der Waals surface area contributed by atoms with Crippen LogP contribution in [0.15, 0.2) is 42.9 Å². The molecule has 1 N–H and O–H groups in total. The molecule has 2 aromatic rings. The summed E-state index contributed by atoms with van der Waals surface area (Å²) in [6.07, 6.45) is 6.04. The zero-order valence-electron chi connectivity index (χ0n) is 12.4. The van der Waals surface area contributed by atoms with Crippen LogP contribution in [0.1, 0.15) is 30.6 Å². The van der Waals surface area contributed by atoms with Crippen LogP contribution in [0.25, 0.3) is 0 Å². The van der Waals surface area contributed by atoms with Gasteiger partial charge in [-0.2, -0.15) is 0 Å². The van der Waals surface area contributed by atoms with Gasteiger partial charge in [-0.3, -0.25) is 9.78 Å². The Morgan fingerprint density at radius 3 is 2.62 bits per heavy atom. The number of pyridine rings is 2. The molecule has 0 saturated heterocycles. The van der Waals surface area contributed by atoms with Gasteiger partial charge in [0.05, 0.1) is 0 Å². The summed E-state index contributed by atoms with van der Waals surface area (Å²) < 4.78 is 0. The Morgan fingerprint density at radius 2 is 1.95 bits per heavy atom. The van der Waals surface area contributed by atoms with E-state index in [4.69, 9.17) is 0 Å². The minimum absolute atomic E-state index is 0.0364. The summed E-state index contributed by atoms with van der Waals surface area (Å²) in [5, 5.41) is 3.19. The van der Waals surface area contributed by atoms with E-state index in [1.807, 2.05) is 19.1 Å². The SMILES string of the molecule is CCCNc1cc(C(=O)N(CC)c2ccncc2)ccn1. The standard InChI is InChI=1S/C16H20N4O/c1-3-8-18-15-12-13(5-11-19-15)16(21)20(4-2)14-6-9-17-10-7-14/h5-7,9-12H,3-4,8H2,1-2H3,(H,18,19). The smallest absolute Gasteiger partial charge is 0.258 e. The summed E-state index contributed by atoms with van der Waals surface area (Å²) in [7, 11) is 0. The molecule has 21 heavy (non-hydrogen) atoms. The number of aromatic nitrogens is 2. The lowest BCUT2D eigenvalue weighted by Gasteiger charge is -2.21. The molecule has 0 aliphatic carbocycles. The lowest BCUT2D eigenvalue weighted by atomic mass is 10.2. The van der Waals surface area contributed by atoms with Gasteiger partial charge in [0.2, 0.25) is 0 Å². The molecule has 0 aromatic carbocycles. The maximum atomic E-state index is 12.7. The Hall–Kier alpha value is -2.43. The van der Waals surface area contributed by atoms with E-state index in [-0.39, 0.29) is 5.91 Å². The third-order valence-electron chi connectivity index (χ3n) is 3.10. The van der Waals surface area contributed by atoms with Gasteiger partial charge in [0.15, 0.2) is 0 Å². The minimum atomic E-state index is -0.0364. The first kappa shape index (κ1) is 15.0. The quantitative estimate of drug-likeness (QED) is 0.886. The lowest BCUT2D eigenvalue weighted by Crippen LogP contribution is -2.30. The second kappa shape index (κ2) is 7.38. The van der Waals surface area contributed by atoms with Gasteiger partial charge in [-0.15, -0.1) is 0 Å². The highest BCUT2D eigenvalue weighted by Crippen LogP contribution is 2.17. The van der Waals surface area contributed by atoms with E-state index >= 15 is 0 Å². The average Bonchev–Trinajstić information content (AvgIpc) is 2.55.